The fourth-order valence-corrected chi connectivity index (χ4v) is 5.28. The zero-order valence-corrected chi connectivity index (χ0v) is 20.2. The van der Waals surface area contributed by atoms with Gasteiger partial charge in [-0.25, -0.2) is 4.21 Å². The molecule has 3 aromatic rings. The van der Waals surface area contributed by atoms with Gasteiger partial charge in [0.2, 0.25) is 0 Å². The van der Waals surface area contributed by atoms with Crippen LogP contribution in [0.25, 0.3) is 0 Å². The third-order valence-corrected chi connectivity index (χ3v) is 7.19. The second-order valence-corrected chi connectivity index (χ2v) is 9.43. The summed E-state index contributed by atoms with van der Waals surface area (Å²) in [5.41, 5.74) is 1.88. The number of nitrogens with one attached hydrogen (secondary N) is 1. The number of nitrogens with zero attached hydrogens (tertiary/aromatic N) is 1. The number of carbonyl (C=O) groups is 2. The smallest absolute Gasteiger partial charge is 0.259 e. The summed E-state index contributed by atoms with van der Waals surface area (Å²) < 4.78 is 23.7. The molecule has 0 aromatic heterocycles. The molecule has 176 valence electrons. The molecular weight excluding hydrogens is 476 g/mol. The summed E-state index contributed by atoms with van der Waals surface area (Å²) in [7, 11) is 1.36. The van der Waals surface area contributed by atoms with Crippen LogP contribution in [0.1, 0.15) is 26.3 Å². The van der Waals surface area contributed by atoms with Crippen LogP contribution in [0, 0.1) is 0 Å². The Morgan fingerprint density at radius 3 is 2.53 bits per heavy atom. The highest BCUT2D eigenvalue weighted by molar-refractivity contribution is 7.85. The van der Waals surface area contributed by atoms with Gasteiger partial charge in [-0.1, -0.05) is 35.9 Å². The Bertz CT molecular complexity index is 1260. The molecule has 1 atom stereocenters. The minimum Gasteiger partial charge on any atom is -0.354 e. The van der Waals surface area contributed by atoms with Crippen LogP contribution in [-0.4, -0.2) is 43.1 Å². The first-order valence-electron chi connectivity index (χ1n) is 10.5. The van der Waals surface area contributed by atoms with Gasteiger partial charge in [-0.2, -0.15) is 0 Å². The standard InChI is InChI=1S/C25H23ClN2O5S/c1-32-23(33-2)14-27-24(29)17-10-11-22-20(13-17)28(15-16-6-5-7-18(26)12-16)25(30)19-8-3-4-9-21(19)34(22)31/h3-13,23H,14-15H2,1-2H3,(H,27,29). The molecule has 4 rings (SSSR count). The largest absolute Gasteiger partial charge is 0.354 e. The lowest BCUT2D eigenvalue weighted by molar-refractivity contribution is -0.0974. The Morgan fingerprint density at radius 1 is 1.03 bits per heavy atom. The summed E-state index contributed by atoms with van der Waals surface area (Å²) >= 11 is 6.16. The van der Waals surface area contributed by atoms with Gasteiger partial charge in [-0.15, -0.1) is 0 Å². The van der Waals surface area contributed by atoms with Gasteiger partial charge in [-0.05, 0) is 48.0 Å². The first-order valence-corrected chi connectivity index (χ1v) is 12.0. The molecule has 34 heavy (non-hydrogen) atoms. The van der Waals surface area contributed by atoms with Gasteiger partial charge in [0.15, 0.2) is 6.29 Å². The minimum atomic E-state index is -1.61. The summed E-state index contributed by atoms with van der Waals surface area (Å²) in [6, 6.07) is 18.8. The summed E-state index contributed by atoms with van der Waals surface area (Å²) in [4.78, 5) is 28.9. The van der Waals surface area contributed by atoms with Crippen LogP contribution in [0.4, 0.5) is 5.69 Å². The van der Waals surface area contributed by atoms with Crippen LogP contribution in [0.3, 0.4) is 0 Å². The van der Waals surface area contributed by atoms with E-state index in [0.29, 0.717) is 31.6 Å². The molecule has 0 bridgehead atoms. The molecule has 3 aromatic carbocycles. The highest BCUT2D eigenvalue weighted by Gasteiger charge is 2.31. The van der Waals surface area contributed by atoms with Crippen LogP contribution in [0.5, 0.6) is 0 Å². The van der Waals surface area contributed by atoms with Gasteiger partial charge in [-0.3, -0.25) is 9.59 Å². The first-order chi connectivity index (χ1) is 16.4. The molecule has 0 saturated heterocycles. The maximum atomic E-state index is 13.6. The van der Waals surface area contributed by atoms with Crippen LogP contribution in [0.15, 0.2) is 76.5 Å². The van der Waals surface area contributed by atoms with Gasteiger partial charge in [0.25, 0.3) is 11.8 Å². The van der Waals surface area contributed by atoms with Crippen molar-refractivity contribution in [3.05, 3.63) is 88.4 Å². The fourth-order valence-electron chi connectivity index (χ4n) is 3.72. The Kier molecular flexibility index (Phi) is 7.43. The van der Waals surface area contributed by atoms with E-state index in [1.165, 1.54) is 19.1 Å². The van der Waals surface area contributed by atoms with E-state index in [9.17, 15) is 13.8 Å². The zero-order chi connectivity index (χ0) is 24.2. The Morgan fingerprint density at radius 2 is 1.79 bits per heavy atom. The van der Waals surface area contributed by atoms with Crippen molar-refractivity contribution in [1.82, 2.24) is 5.32 Å². The number of carbonyl (C=O) groups excluding carboxylic acids is 2. The van der Waals surface area contributed by atoms with Crippen LogP contribution in [-0.2, 0) is 26.8 Å². The van der Waals surface area contributed by atoms with Gasteiger partial charge in [0, 0.05) is 24.8 Å². The number of methoxy groups -OCH3 is 2. The number of rotatable bonds is 7. The Labute approximate surface area is 205 Å². The predicted molar refractivity (Wildman–Crippen MR) is 130 cm³/mol. The van der Waals surface area contributed by atoms with E-state index in [4.69, 9.17) is 21.1 Å². The maximum absolute atomic E-state index is 13.6. The summed E-state index contributed by atoms with van der Waals surface area (Å²) in [6.45, 7) is 0.337. The highest BCUT2D eigenvalue weighted by atomic mass is 35.5. The molecule has 9 heteroatoms. The number of benzene rings is 3. The normalized spacial score (nSPS) is 15.0. The average molecular weight is 499 g/mol. The van der Waals surface area contributed by atoms with Crippen molar-refractivity contribution in [2.24, 2.45) is 0 Å². The number of halogens is 1. The fraction of sp³-hybridized carbons (Fsp3) is 0.200. The lowest BCUT2D eigenvalue weighted by Crippen LogP contribution is -2.34. The van der Waals surface area contributed by atoms with Crippen molar-refractivity contribution in [3.8, 4) is 0 Å². The number of ether oxygens (including phenoxy) is 2. The van der Waals surface area contributed by atoms with E-state index in [0.717, 1.165) is 5.56 Å². The molecule has 7 nitrogen and oxygen atoms in total. The number of fused-ring (bicyclic) bond motifs is 2. The van der Waals surface area contributed by atoms with E-state index >= 15 is 0 Å². The predicted octanol–water partition coefficient (Wildman–Crippen LogP) is 4.02. The van der Waals surface area contributed by atoms with E-state index in [1.54, 1.807) is 60.7 Å². The van der Waals surface area contributed by atoms with Gasteiger partial charge < -0.3 is 19.7 Å². The summed E-state index contributed by atoms with van der Waals surface area (Å²) in [5.74, 6) is -0.677. The topological polar surface area (TPSA) is 84.9 Å². The molecular formula is C25H23ClN2O5S. The van der Waals surface area contributed by atoms with Gasteiger partial charge >= 0.3 is 0 Å². The maximum Gasteiger partial charge on any atom is 0.259 e. The number of hydrogen-bond acceptors (Lipinski definition) is 5. The average Bonchev–Trinajstić information content (AvgIpc) is 2.94. The quantitative estimate of drug-likeness (QED) is 0.497. The van der Waals surface area contributed by atoms with Crippen molar-refractivity contribution in [2.45, 2.75) is 22.6 Å². The molecule has 0 saturated carbocycles. The molecule has 1 aliphatic heterocycles. The van der Waals surface area contributed by atoms with E-state index in [1.807, 2.05) is 6.07 Å². The third-order valence-electron chi connectivity index (χ3n) is 5.46. The van der Waals surface area contributed by atoms with Crippen LogP contribution < -0.4 is 10.2 Å². The summed E-state index contributed by atoms with van der Waals surface area (Å²) in [5, 5.41) is 3.29. The van der Waals surface area contributed by atoms with Crippen molar-refractivity contribution >= 4 is 39.9 Å². The molecule has 1 N–H and O–H groups in total. The molecule has 0 radical (unpaired) electrons. The van der Waals surface area contributed by atoms with E-state index < -0.39 is 17.1 Å². The van der Waals surface area contributed by atoms with E-state index in [-0.39, 0.29) is 24.9 Å². The van der Waals surface area contributed by atoms with E-state index in [2.05, 4.69) is 5.32 Å². The Hall–Kier alpha value is -3.04. The number of hydrogen-bond donors (Lipinski definition) is 1. The molecule has 0 aliphatic carbocycles. The molecule has 0 spiro atoms. The molecule has 2 amide bonds. The number of amides is 2. The zero-order valence-electron chi connectivity index (χ0n) is 18.6. The monoisotopic (exact) mass is 498 g/mol. The van der Waals surface area contributed by atoms with Crippen LogP contribution in [0.2, 0.25) is 5.02 Å². The lowest BCUT2D eigenvalue weighted by atomic mass is 10.1. The summed E-state index contributed by atoms with van der Waals surface area (Å²) in [6.07, 6.45) is -0.590. The highest BCUT2D eigenvalue weighted by Crippen LogP contribution is 2.36. The second kappa shape index (κ2) is 10.5. The second-order valence-electron chi connectivity index (χ2n) is 7.58. The molecule has 1 heterocycles. The minimum absolute atomic E-state index is 0.144. The van der Waals surface area contributed by atoms with Crippen molar-refractivity contribution in [2.75, 3.05) is 25.7 Å². The van der Waals surface area contributed by atoms with Crippen LogP contribution >= 0.6 is 11.6 Å². The van der Waals surface area contributed by atoms with Crippen molar-refractivity contribution in [1.29, 1.82) is 0 Å². The third kappa shape index (κ3) is 4.90. The van der Waals surface area contributed by atoms with Gasteiger partial charge in [0.05, 0.1) is 44.9 Å². The SMILES string of the molecule is COC(CNC(=O)c1ccc2c(c1)N(Cc1cccc(Cl)c1)C(=O)c1ccccc1S2=O)OC. The van der Waals surface area contributed by atoms with Crippen molar-refractivity contribution < 1.29 is 23.3 Å². The molecule has 1 unspecified atom stereocenters. The lowest BCUT2D eigenvalue weighted by Gasteiger charge is -2.24. The van der Waals surface area contributed by atoms with Gasteiger partial charge in [0.1, 0.15) is 0 Å². The Balaban J connectivity index is 1.77. The molecule has 1 aliphatic rings. The molecule has 0 fully saturated rings. The first kappa shape index (κ1) is 24.1. The number of anilines is 1. The van der Waals surface area contributed by atoms with Crippen molar-refractivity contribution in [3.63, 3.8) is 0 Å².